The number of non-ortho nitro benzene ring substituents is 1. The lowest BCUT2D eigenvalue weighted by Crippen LogP contribution is -2.35. The molecule has 148 valence electrons. The minimum absolute atomic E-state index is 0.0727. The minimum Gasteiger partial charge on any atom is -0.308 e. The molecule has 0 aliphatic carbocycles. The number of sulfonamides is 1. The van der Waals surface area contributed by atoms with Crippen molar-refractivity contribution in [2.24, 2.45) is 0 Å². The number of nitrogens with zero attached hydrogens (tertiary/aromatic N) is 2. The van der Waals surface area contributed by atoms with Crippen LogP contribution in [0.5, 0.6) is 0 Å². The molecule has 0 radical (unpaired) electrons. The number of hydrogen-bond acceptors (Lipinski definition) is 5. The van der Waals surface area contributed by atoms with E-state index in [2.05, 4.69) is 10.6 Å². The van der Waals surface area contributed by atoms with Gasteiger partial charge in [0.15, 0.2) is 0 Å². The Balaban J connectivity index is 1.62. The molecule has 3 rings (SSSR count). The van der Waals surface area contributed by atoms with Gasteiger partial charge in [0.25, 0.3) is 5.69 Å². The molecule has 2 N–H and O–H groups in total. The highest BCUT2D eigenvalue weighted by Crippen LogP contribution is 2.22. The van der Waals surface area contributed by atoms with Crippen molar-refractivity contribution in [3.63, 3.8) is 0 Å². The third-order valence-corrected chi connectivity index (χ3v) is 6.31. The molecule has 1 aliphatic rings. The fraction of sp³-hybridized carbons (Fsp3) is 0.278. The average molecular weight is 404 g/mol. The smallest absolute Gasteiger partial charge is 0.308 e. The van der Waals surface area contributed by atoms with Crippen molar-refractivity contribution in [1.82, 2.24) is 4.31 Å². The lowest BCUT2D eigenvalue weighted by molar-refractivity contribution is -0.384. The molecule has 2 aromatic carbocycles. The highest BCUT2D eigenvalue weighted by atomic mass is 32.2. The number of benzene rings is 2. The molecule has 1 fully saturated rings. The van der Waals surface area contributed by atoms with Crippen LogP contribution in [-0.4, -0.2) is 36.8 Å². The number of urea groups is 1. The van der Waals surface area contributed by atoms with Gasteiger partial charge in [0, 0.05) is 36.6 Å². The number of carbonyl (C=O) groups excluding carboxylic acids is 1. The van der Waals surface area contributed by atoms with E-state index in [1.807, 2.05) is 0 Å². The number of anilines is 2. The van der Waals surface area contributed by atoms with Gasteiger partial charge in [-0.2, -0.15) is 4.31 Å². The summed E-state index contributed by atoms with van der Waals surface area (Å²) >= 11 is 0. The second kappa shape index (κ2) is 8.36. The second-order valence-electron chi connectivity index (χ2n) is 6.37. The Morgan fingerprint density at radius 2 is 1.39 bits per heavy atom. The molecule has 0 bridgehead atoms. The molecular weight excluding hydrogens is 384 g/mol. The van der Waals surface area contributed by atoms with Gasteiger partial charge in [0.2, 0.25) is 10.0 Å². The van der Waals surface area contributed by atoms with Gasteiger partial charge in [0.1, 0.15) is 0 Å². The van der Waals surface area contributed by atoms with E-state index < -0.39 is 21.0 Å². The van der Waals surface area contributed by atoms with Crippen LogP contribution in [-0.2, 0) is 10.0 Å². The zero-order valence-electron chi connectivity index (χ0n) is 15.0. The monoisotopic (exact) mass is 404 g/mol. The van der Waals surface area contributed by atoms with Crippen LogP contribution < -0.4 is 10.6 Å². The number of nitrogens with one attached hydrogen (secondary N) is 2. The van der Waals surface area contributed by atoms with Crippen molar-refractivity contribution in [3.8, 4) is 0 Å². The first-order chi connectivity index (χ1) is 13.4. The fourth-order valence-corrected chi connectivity index (χ4v) is 4.44. The molecule has 0 aromatic heterocycles. The van der Waals surface area contributed by atoms with Gasteiger partial charge in [0.05, 0.1) is 9.82 Å². The van der Waals surface area contributed by atoms with Crippen molar-refractivity contribution in [2.75, 3.05) is 23.7 Å². The number of nitro benzene ring substituents is 1. The number of piperidine rings is 1. The summed E-state index contributed by atoms with van der Waals surface area (Å²) in [5, 5.41) is 15.8. The van der Waals surface area contributed by atoms with Crippen molar-refractivity contribution < 1.29 is 18.1 Å². The highest BCUT2D eigenvalue weighted by Gasteiger charge is 2.25. The summed E-state index contributed by atoms with van der Waals surface area (Å²) in [5.41, 5.74) is 0.751. The lowest BCUT2D eigenvalue weighted by Gasteiger charge is -2.25. The first-order valence-corrected chi connectivity index (χ1v) is 10.2. The standard InChI is InChI=1S/C18H20N4O5S/c23-18(19-14-4-8-16(9-5-14)22(24)25)20-15-6-10-17(11-7-15)28(26,27)21-12-2-1-3-13-21/h4-11H,1-3,12-13H2,(H2,19,20,23). The number of rotatable bonds is 5. The maximum atomic E-state index is 12.6. The van der Waals surface area contributed by atoms with Crippen LogP contribution in [0.2, 0.25) is 0 Å². The molecule has 9 nitrogen and oxygen atoms in total. The average Bonchev–Trinajstić information content (AvgIpc) is 2.69. The zero-order valence-corrected chi connectivity index (χ0v) is 15.8. The Hall–Kier alpha value is -2.98. The van der Waals surface area contributed by atoms with Crippen molar-refractivity contribution >= 4 is 33.1 Å². The van der Waals surface area contributed by atoms with E-state index >= 15 is 0 Å². The highest BCUT2D eigenvalue weighted by molar-refractivity contribution is 7.89. The van der Waals surface area contributed by atoms with E-state index in [-0.39, 0.29) is 10.6 Å². The summed E-state index contributed by atoms with van der Waals surface area (Å²) < 4.78 is 26.7. The van der Waals surface area contributed by atoms with Crippen molar-refractivity contribution in [2.45, 2.75) is 24.2 Å². The molecule has 10 heteroatoms. The first-order valence-electron chi connectivity index (χ1n) is 8.79. The molecule has 1 saturated heterocycles. The maximum absolute atomic E-state index is 12.6. The molecule has 28 heavy (non-hydrogen) atoms. The van der Waals surface area contributed by atoms with Gasteiger partial charge in [-0.15, -0.1) is 0 Å². The van der Waals surface area contributed by atoms with E-state index in [4.69, 9.17) is 0 Å². The zero-order chi connectivity index (χ0) is 20.1. The predicted octanol–water partition coefficient (Wildman–Crippen LogP) is 3.41. The Morgan fingerprint density at radius 1 is 0.893 bits per heavy atom. The summed E-state index contributed by atoms with van der Waals surface area (Å²) in [6, 6.07) is 10.8. The molecule has 0 unspecified atom stereocenters. The van der Waals surface area contributed by atoms with Crippen LogP contribution in [0.15, 0.2) is 53.4 Å². The fourth-order valence-electron chi connectivity index (χ4n) is 2.92. The quantitative estimate of drug-likeness (QED) is 0.584. The second-order valence-corrected chi connectivity index (χ2v) is 8.31. The molecule has 0 saturated carbocycles. The number of amides is 2. The Kier molecular flexibility index (Phi) is 5.90. The molecule has 2 amide bonds. The largest absolute Gasteiger partial charge is 0.323 e. The minimum atomic E-state index is -3.52. The third-order valence-electron chi connectivity index (χ3n) is 4.40. The number of carbonyl (C=O) groups is 1. The molecule has 1 aliphatic heterocycles. The molecule has 1 heterocycles. The topological polar surface area (TPSA) is 122 Å². The van der Waals surface area contributed by atoms with Crippen LogP contribution in [0.25, 0.3) is 0 Å². The Morgan fingerprint density at radius 3 is 1.89 bits per heavy atom. The Bertz CT molecular complexity index is 952. The van der Waals surface area contributed by atoms with Gasteiger partial charge in [-0.05, 0) is 49.2 Å². The summed E-state index contributed by atoms with van der Waals surface area (Å²) in [6.45, 7) is 1.06. The number of hydrogen-bond donors (Lipinski definition) is 2. The Labute approximate surface area is 162 Å². The van der Waals surface area contributed by atoms with Gasteiger partial charge in [-0.25, -0.2) is 13.2 Å². The molecule has 0 atom stereocenters. The lowest BCUT2D eigenvalue weighted by atomic mass is 10.2. The molecular formula is C18H20N4O5S. The normalized spacial score (nSPS) is 15.0. The SMILES string of the molecule is O=C(Nc1ccc([N+](=O)[O-])cc1)Nc1ccc(S(=O)(=O)N2CCCCC2)cc1. The summed E-state index contributed by atoms with van der Waals surface area (Å²) in [4.78, 5) is 22.3. The predicted molar refractivity (Wildman–Crippen MR) is 105 cm³/mol. The van der Waals surface area contributed by atoms with Crippen LogP contribution in [0.4, 0.5) is 21.9 Å². The maximum Gasteiger partial charge on any atom is 0.323 e. The van der Waals surface area contributed by atoms with Gasteiger partial charge < -0.3 is 10.6 Å². The van der Waals surface area contributed by atoms with Gasteiger partial charge >= 0.3 is 6.03 Å². The van der Waals surface area contributed by atoms with Gasteiger partial charge in [-0.1, -0.05) is 6.42 Å². The third kappa shape index (κ3) is 4.65. The molecule has 2 aromatic rings. The van der Waals surface area contributed by atoms with E-state index in [1.54, 1.807) is 0 Å². The van der Waals surface area contributed by atoms with E-state index in [0.717, 1.165) is 19.3 Å². The van der Waals surface area contributed by atoms with E-state index in [0.29, 0.717) is 24.5 Å². The van der Waals surface area contributed by atoms with Crippen molar-refractivity contribution in [3.05, 3.63) is 58.6 Å². The number of nitro groups is 1. The van der Waals surface area contributed by atoms with Crippen LogP contribution in [0.1, 0.15) is 19.3 Å². The van der Waals surface area contributed by atoms with Crippen molar-refractivity contribution in [1.29, 1.82) is 0 Å². The van der Waals surface area contributed by atoms with Crippen LogP contribution >= 0.6 is 0 Å². The van der Waals surface area contributed by atoms with Crippen LogP contribution in [0.3, 0.4) is 0 Å². The summed E-state index contributed by atoms with van der Waals surface area (Å²) in [5.74, 6) is 0. The molecule has 0 spiro atoms. The van der Waals surface area contributed by atoms with E-state index in [9.17, 15) is 23.3 Å². The van der Waals surface area contributed by atoms with Crippen LogP contribution in [0, 0.1) is 10.1 Å². The van der Waals surface area contributed by atoms with Gasteiger partial charge in [-0.3, -0.25) is 10.1 Å². The van der Waals surface area contributed by atoms with E-state index in [1.165, 1.54) is 52.8 Å². The summed E-state index contributed by atoms with van der Waals surface area (Å²) in [6.07, 6.45) is 2.77. The first kappa shape index (κ1) is 19.8. The summed E-state index contributed by atoms with van der Waals surface area (Å²) in [7, 11) is -3.52.